The maximum atomic E-state index is 13.4. The summed E-state index contributed by atoms with van der Waals surface area (Å²) in [5, 5.41) is 6.59. The van der Waals surface area contributed by atoms with Crippen LogP contribution in [0.15, 0.2) is 16.8 Å². The first-order valence-corrected chi connectivity index (χ1v) is 5.41. The lowest BCUT2D eigenvalue weighted by molar-refractivity contribution is 0.607. The standard InChI is InChI=1S/C10H10FN3S/c1-6-8(11)10(12-2)14-9(13-6)7-3-4-15-5-7/h3-5H,1-2H3,(H,12,13,14). The molecule has 0 aliphatic rings. The van der Waals surface area contributed by atoms with Crippen LogP contribution in [0, 0.1) is 12.7 Å². The second-order valence-electron chi connectivity index (χ2n) is 3.06. The zero-order valence-corrected chi connectivity index (χ0v) is 9.23. The Morgan fingerprint density at radius 3 is 2.80 bits per heavy atom. The van der Waals surface area contributed by atoms with Crippen LogP contribution >= 0.6 is 11.3 Å². The van der Waals surface area contributed by atoms with E-state index in [2.05, 4.69) is 15.3 Å². The first kappa shape index (κ1) is 10.0. The lowest BCUT2D eigenvalue weighted by Crippen LogP contribution is -2.03. The summed E-state index contributed by atoms with van der Waals surface area (Å²) in [4.78, 5) is 8.21. The van der Waals surface area contributed by atoms with Gasteiger partial charge in [-0.15, -0.1) is 0 Å². The molecule has 0 saturated heterocycles. The Labute approximate surface area is 91.0 Å². The Morgan fingerprint density at radius 2 is 2.20 bits per heavy atom. The average Bonchev–Trinajstić information content (AvgIpc) is 2.75. The molecule has 0 spiro atoms. The van der Waals surface area contributed by atoms with Gasteiger partial charge in [-0.2, -0.15) is 11.3 Å². The lowest BCUT2D eigenvalue weighted by atomic mass is 10.3. The summed E-state index contributed by atoms with van der Waals surface area (Å²) in [6, 6.07) is 1.91. The number of thiophene rings is 1. The normalized spacial score (nSPS) is 10.3. The SMILES string of the molecule is CNc1nc(-c2ccsc2)nc(C)c1F. The molecule has 2 heterocycles. The zero-order valence-electron chi connectivity index (χ0n) is 8.41. The van der Waals surface area contributed by atoms with E-state index < -0.39 is 5.82 Å². The highest BCUT2D eigenvalue weighted by molar-refractivity contribution is 7.08. The minimum absolute atomic E-state index is 0.240. The number of rotatable bonds is 2. The van der Waals surface area contributed by atoms with Gasteiger partial charge in [0.1, 0.15) is 0 Å². The molecule has 0 amide bonds. The van der Waals surface area contributed by atoms with Gasteiger partial charge in [0.2, 0.25) is 0 Å². The van der Waals surface area contributed by atoms with Gasteiger partial charge in [-0.1, -0.05) is 0 Å². The number of nitrogens with one attached hydrogen (secondary N) is 1. The van der Waals surface area contributed by atoms with Gasteiger partial charge in [-0.3, -0.25) is 0 Å². The highest BCUT2D eigenvalue weighted by Crippen LogP contribution is 2.22. The van der Waals surface area contributed by atoms with Crippen LogP contribution in [-0.2, 0) is 0 Å². The van der Waals surface area contributed by atoms with Gasteiger partial charge in [0.25, 0.3) is 0 Å². The summed E-state index contributed by atoms with van der Waals surface area (Å²) < 4.78 is 13.4. The van der Waals surface area contributed by atoms with Crippen LogP contribution in [-0.4, -0.2) is 17.0 Å². The van der Waals surface area contributed by atoms with Crippen LogP contribution in [0.1, 0.15) is 5.69 Å². The third-order valence-corrected chi connectivity index (χ3v) is 2.72. The highest BCUT2D eigenvalue weighted by Gasteiger charge is 2.11. The van der Waals surface area contributed by atoms with E-state index >= 15 is 0 Å². The molecule has 0 saturated carbocycles. The molecular weight excluding hydrogens is 213 g/mol. The van der Waals surface area contributed by atoms with E-state index in [1.807, 2.05) is 16.8 Å². The first-order valence-electron chi connectivity index (χ1n) is 4.47. The summed E-state index contributed by atoms with van der Waals surface area (Å²) >= 11 is 1.56. The van der Waals surface area contributed by atoms with Crippen molar-refractivity contribution >= 4 is 17.2 Å². The van der Waals surface area contributed by atoms with E-state index in [1.54, 1.807) is 25.3 Å². The molecule has 0 aromatic carbocycles. The van der Waals surface area contributed by atoms with E-state index in [0.717, 1.165) is 5.56 Å². The van der Waals surface area contributed by atoms with Crippen LogP contribution in [0.5, 0.6) is 0 Å². The summed E-state index contributed by atoms with van der Waals surface area (Å²) in [5.74, 6) is 0.402. The highest BCUT2D eigenvalue weighted by atomic mass is 32.1. The fourth-order valence-corrected chi connectivity index (χ4v) is 1.88. The molecule has 5 heteroatoms. The van der Waals surface area contributed by atoms with E-state index in [-0.39, 0.29) is 5.82 Å². The summed E-state index contributed by atoms with van der Waals surface area (Å²) in [5.41, 5.74) is 1.27. The van der Waals surface area contributed by atoms with Crippen molar-refractivity contribution in [2.24, 2.45) is 0 Å². The average molecular weight is 223 g/mol. The van der Waals surface area contributed by atoms with Crippen LogP contribution < -0.4 is 5.32 Å². The third kappa shape index (κ3) is 1.83. The van der Waals surface area contributed by atoms with Crippen LogP contribution in [0.3, 0.4) is 0 Å². The number of hydrogen-bond donors (Lipinski definition) is 1. The van der Waals surface area contributed by atoms with E-state index in [1.165, 1.54) is 0 Å². The van der Waals surface area contributed by atoms with Gasteiger partial charge in [0.15, 0.2) is 17.5 Å². The van der Waals surface area contributed by atoms with Crippen molar-refractivity contribution in [3.8, 4) is 11.4 Å². The number of hydrogen-bond acceptors (Lipinski definition) is 4. The fraction of sp³-hybridized carbons (Fsp3) is 0.200. The van der Waals surface area contributed by atoms with Crippen molar-refractivity contribution in [1.29, 1.82) is 0 Å². The van der Waals surface area contributed by atoms with E-state index in [4.69, 9.17) is 0 Å². The van der Waals surface area contributed by atoms with Gasteiger partial charge in [-0.05, 0) is 18.4 Å². The molecule has 0 atom stereocenters. The Kier molecular flexibility index (Phi) is 2.64. The quantitative estimate of drug-likeness (QED) is 0.850. The number of aryl methyl sites for hydroxylation is 1. The molecule has 0 aliphatic carbocycles. The second kappa shape index (κ2) is 3.94. The predicted molar refractivity (Wildman–Crippen MR) is 59.6 cm³/mol. The van der Waals surface area contributed by atoms with E-state index in [0.29, 0.717) is 11.5 Å². The van der Waals surface area contributed by atoms with Crippen LogP contribution in [0.2, 0.25) is 0 Å². The van der Waals surface area contributed by atoms with Crippen molar-refractivity contribution in [3.05, 3.63) is 28.3 Å². The van der Waals surface area contributed by atoms with Crippen molar-refractivity contribution in [3.63, 3.8) is 0 Å². The lowest BCUT2D eigenvalue weighted by Gasteiger charge is -2.05. The third-order valence-electron chi connectivity index (χ3n) is 2.03. The second-order valence-corrected chi connectivity index (χ2v) is 3.84. The van der Waals surface area contributed by atoms with Crippen molar-refractivity contribution < 1.29 is 4.39 Å². The molecule has 0 aliphatic heterocycles. The molecular formula is C10H10FN3S. The monoisotopic (exact) mass is 223 g/mol. The van der Waals surface area contributed by atoms with Crippen LogP contribution in [0.4, 0.5) is 10.2 Å². The van der Waals surface area contributed by atoms with Gasteiger partial charge in [0, 0.05) is 18.0 Å². The van der Waals surface area contributed by atoms with Gasteiger partial charge in [-0.25, -0.2) is 14.4 Å². The molecule has 78 valence electrons. The Bertz CT molecular complexity index is 468. The topological polar surface area (TPSA) is 37.8 Å². The maximum absolute atomic E-state index is 13.4. The fourth-order valence-electron chi connectivity index (χ4n) is 1.25. The van der Waals surface area contributed by atoms with Gasteiger partial charge < -0.3 is 5.32 Å². The molecule has 0 radical (unpaired) electrons. The van der Waals surface area contributed by atoms with Crippen molar-refractivity contribution in [2.75, 3.05) is 12.4 Å². The van der Waals surface area contributed by atoms with Crippen LogP contribution in [0.25, 0.3) is 11.4 Å². The van der Waals surface area contributed by atoms with Crippen molar-refractivity contribution in [1.82, 2.24) is 9.97 Å². The molecule has 0 unspecified atom stereocenters. The minimum Gasteiger partial charge on any atom is -0.371 e. The molecule has 2 aromatic rings. The smallest absolute Gasteiger partial charge is 0.186 e. The molecule has 1 N–H and O–H groups in total. The summed E-state index contributed by atoms with van der Waals surface area (Å²) in [6.45, 7) is 1.63. The van der Waals surface area contributed by atoms with Gasteiger partial charge in [0.05, 0.1) is 5.69 Å². The van der Waals surface area contributed by atoms with Crippen molar-refractivity contribution in [2.45, 2.75) is 6.92 Å². The minimum atomic E-state index is -0.392. The largest absolute Gasteiger partial charge is 0.371 e. The Morgan fingerprint density at radius 1 is 1.40 bits per heavy atom. The summed E-state index contributed by atoms with van der Waals surface area (Å²) in [6.07, 6.45) is 0. The number of halogens is 1. The predicted octanol–water partition coefficient (Wildman–Crippen LogP) is 2.69. The number of anilines is 1. The molecule has 2 rings (SSSR count). The Balaban J connectivity index is 2.55. The molecule has 15 heavy (non-hydrogen) atoms. The number of nitrogens with zero attached hydrogens (tertiary/aromatic N) is 2. The molecule has 0 fully saturated rings. The maximum Gasteiger partial charge on any atom is 0.186 e. The first-order chi connectivity index (χ1) is 7.22. The van der Waals surface area contributed by atoms with Gasteiger partial charge >= 0.3 is 0 Å². The van der Waals surface area contributed by atoms with E-state index in [9.17, 15) is 4.39 Å². The molecule has 0 bridgehead atoms. The molecule has 3 nitrogen and oxygen atoms in total. The Hall–Kier alpha value is -1.49. The summed E-state index contributed by atoms with van der Waals surface area (Å²) in [7, 11) is 1.64. The zero-order chi connectivity index (χ0) is 10.8. The number of aromatic nitrogens is 2. The molecule has 2 aromatic heterocycles.